The van der Waals surface area contributed by atoms with E-state index in [1.165, 1.54) is 12.3 Å². The molecule has 0 unspecified atom stereocenters. The molecule has 1 aliphatic rings. The second-order valence-corrected chi connectivity index (χ2v) is 8.21. The molecule has 0 spiro atoms. The Kier molecular flexibility index (Phi) is 6.15. The van der Waals surface area contributed by atoms with Crippen LogP contribution in [0.2, 0.25) is 0 Å². The molecule has 4 rings (SSSR count). The minimum atomic E-state index is -4.46. The van der Waals surface area contributed by atoms with Crippen molar-refractivity contribution in [2.24, 2.45) is 0 Å². The predicted molar refractivity (Wildman–Crippen MR) is 121 cm³/mol. The lowest BCUT2D eigenvalue weighted by Gasteiger charge is -2.35. The Hall–Kier alpha value is -3.70. The van der Waals surface area contributed by atoms with Crippen molar-refractivity contribution in [2.75, 3.05) is 28.7 Å². The highest BCUT2D eigenvalue weighted by atomic mass is 19.4. The molecule has 3 aromatic heterocycles. The average molecular weight is 474 g/mol. The molecule has 0 aliphatic carbocycles. The van der Waals surface area contributed by atoms with Crippen molar-refractivity contribution >= 4 is 23.4 Å². The average Bonchev–Trinajstić information content (AvgIpc) is 3.21. The van der Waals surface area contributed by atoms with Crippen molar-refractivity contribution in [3.05, 3.63) is 53.2 Å². The zero-order valence-corrected chi connectivity index (χ0v) is 19.3. The number of likely N-dealkylation sites (N-methyl/N-ethyl adjacent to an activating group) is 1. The minimum Gasteiger partial charge on any atom is -0.343 e. The van der Waals surface area contributed by atoms with Crippen molar-refractivity contribution in [1.29, 1.82) is 0 Å². The number of nitrogens with one attached hydrogen (secondary N) is 1. The van der Waals surface area contributed by atoms with Gasteiger partial charge in [-0.15, -0.1) is 0 Å². The fourth-order valence-electron chi connectivity index (χ4n) is 3.84. The molecule has 9 nitrogen and oxygen atoms in total. The van der Waals surface area contributed by atoms with E-state index in [0.29, 0.717) is 48.3 Å². The smallest absolute Gasteiger partial charge is 0.343 e. The molecule has 4 heterocycles. The molecule has 180 valence electrons. The fourth-order valence-corrected chi connectivity index (χ4v) is 3.84. The van der Waals surface area contributed by atoms with Gasteiger partial charge < -0.3 is 15.1 Å². The largest absolute Gasteiger partial charge is 0.433 e. The van der Waals surface area contributed by atoms with Crippen molar-refractivity contribution in [3.63, 3.8) is 0 Å². The van der Waals surface area contributed by atoms with Gasteiger partial charge in [0.15, 0.2) is 5.82 Å². The molecule has 0 fully saturated rings. The van der Waals surface area contributed by atoms with Crippen LogP contribution in [-0.2, 0) is 24.1 Å². The molecule has 0 saturated heterocycles. The number of nitrogens with zero attached hydrogens (tertiary/aromatic N) is 7. The van der Waals surface area contributed by atoms with Crippen LogP contribution in [0.25, 0.3) is 0 Å². The lowest BCUT2D eigenvalue weighted by atomic mass is 10.1. The normalized spacial score (nSPS) is 15.8. The zero-order chi connectivity index (χ0) is 24.6. The predicted octanol–water partition coefficient (Wildman–Crippen LogP) is 3.25. The summed E-state index contributed by atoms with van der Waals surface area (Å²) in [6, 6.07) is 2.03. The molecule has 0 radical (unpaired) electrons. The van der Waals surface area contributed by atoms with Crippen LogP contribution in [0.4, 0.5) is 30.6 Å². The van der Waals surface area contributed by atoms with Gasteiger partial charge in [0.05, 0.1) is 18.4 Å². The van der Waals surface area contributed by atoms with Crippen molar-refractivity contribution in [1.82, 2.24) is 24.7 Å². The first-order chi connectivity index (χ1) is 16.1. The molecule has 0 aromatic carbocycles. The summed E-state index contributed by atoms with van der Waals surface area (Å²) in [5, 5.41) is 7.20. The Morgan fingerprint density at radius 1 is 1.18 bits per heavy atom. The number of carbonyl (C=O) groups excluding carboxylic acids is 1. The number of anilines is 3. The van der Waals surface area contributed by atoms with Crippen LogP contribution < -0.4 is 15.1 Å². The van der Waals surface area contributed by atoms with Crippen LogP contribution in [0.3, 0.4) is 0 Å². The van der Waals surface area contributed by atoms with Gasteiger partial charge in [-0.3, -0.25) is 14.5 Å². The number of alkyl halides is 3. The monoisotopic (exact) mass is 474 g/mol. The molecule has 3 aromatic rings. The summed E-state index contributed by atoms with van der Waals surface area (Å²) >= 11 is 0. The number of aromatic nitrogens is 5. The van der Waals surface area contributed by atoms with Crippen LogP contribution in [0.5, 0.6) is 0 Å². The summed E-state index contributed by atoms with van der Waals surface area (Å²) in [6.45, 7) is 7.04. The molecule has 1 atom stereocenters. The van der Waals surface area contributed by atoms with Gasteiger partial charge in [0.25, 0.3) is 0 Å². The second kappa shape index (κ2) is 8.92. The van der Waals surface area contributed by atoms with Gasteiger partial charge in [-0.05, 0) is 32.4 Å². The van der Waals surface area contributed by atoms with Gasteiger partial charge in [0.1, 0.15) is 17.4 Å². The van der Waals surface area contributed by atoms with Crippen molar-refractivity contribution in [3.8, 4) is 0 Å². The summed E-state index contributed by atoms with van der Waals surface area (Å²) in [6.07, 6.45) is 0.260. The lowest BCUT2D eigenvalue weighted by molar-refractivity contribution is -0.141. The van der Waals surface area contributed by atoms with E-state index in [1.54, 1.807) is 10.9 Å². The van der Waals surface area contributed by atoms with Crippen LogP contribution >= 0.6 is 0 Å². The topological polar surface area (TPSA) is 92.1 Å². The highest BCUT2D eigenvalue weighted by Crippen LogP contribution is 2.33. The molecule has 1 aliphatic heterocycles. The molecular formula is C22H25F3N8O. The highest BCUT2D eigenvalue weighted by Gasteiger charge is 2.33. The third kappa shape index (κ3) is 4.66. The van der Waals surface area contributed by atoms with Gasteiger partial charge >= 0.3 is 6.18 Å². The van der Waals surface area contributed by atoms with E-state index in [9.17, 15) is 18.0 Å². The van der Waals surface area contributed by atoms with E-state index in [2.05, 4.69) is 20.4 Å². The number of rotatable bonds is 6. The van der Waals surface area contributed by atoms with E-state index in [-0.39, 0.29) is 11.9 Å². The van der Waals surface area contributed by atoms with Crippen LogP contribution in [-0.4, -0.2) is 50.3 Å². The van der Waals surface area contributed by atoms with Gasteiger partial charge in [0.2, 0.25) is 11.9 Å². The SMILES string of the molecule is CCN1c2nc(N(C)Cc3cnn(Cc4ccc(C(F)(F)F)nc4)c3)nc(C)c2NC(=O)[C@@H]1C. The summed E-state index contributed by atoms with van der Waals surface area (Å²) < 4.78 is 39.7. The minimum absolute atomic E-state index is 0.0854. The second-order valence-electron chi connectivity index (χ2n) is 8.21. The number of hydrogen-bond acceptors (Lipinski definition) is 7. The Morgan fingerprint density at radius 3 is 2.59 bits per heavy atom. The van der Waals surface area contributed by atoms with Gasteiger partial charge in [-0.25, -0.2) is 4.98 Å². The Bertz CT molecular complexity index is 1190. The van der Waals surface area contributed by atoms with Crippen LogP contribution in [0, 0.1) is 6.92 Å². The van der Waals surface area contributed by atoms with Crippen molar-refractivity contribution in [2.45, 2.75) is 46.1 Å². The molecule has 1 N–H and O–H groups in total. The zero-order valence-electron chi connectivity index (χ0n) is 19.3. The Balaban J connectivity index is 1.48. The summed E-state index contributed by atoms with van der Waals surface area (Å²) in [4.78, 5) is 28.8. The third-order valence-electron chi connectivity index (χ3n) is 5.67. The van der Waals surface area contributed by atoms with Gasteiger partial charge in [-0.2, -0.15) is 23.3 Å². The molecule has 0 bridgehead atoms. The maximum Gasteiger partial charge on any atom is 0.433 e. The molecule has 1 amide bonds. The van der Waals surface area contributed by atoms with Crippen molar-refractivity contribution < 1.29 is 18.0 Å². The number of fused-ring (bicyclic) bond motifs is 1. The van der Waals surface area contributed by atoms with Crippen LogP contribution in [0.1, 0.15) is 36.4 Å². The number of carbonyl (C=O) groups is 1. The van der Waals surface area contributed by atoms with E-state index in [0.717, 1.165) is 11.6 Å². The number of hydrogen-bond donors (Lipinski definition) is 1. The van der Waals surface area contributed by atoms with E-state index in [4.69, 9.17) is 4.98 Å². The molecule has 12 heteroatoms. The first kappa shape index (κ1) is 23.5. The maximum atomic E-state index is 12.7. The molecule has 34 heavy (non-hydrogen) atoms. The standard InChI is InChI=1S/C22H25F3N8O/c1-5-33-14(3)20(34)29-18-13(2)28-21(30-19(18)33)31(4)10-16-9-27-32(12-16)11-15-6-7-17(26-8-15)22(23,24)25/h6-9,12,14H,5,10-11H2,1-4H3,(H,29,34)/t14-/m0/s1. The summed E-state index contributed by atoms with van der Waals surface area (Å²) in [5.41, 5.74) is 1.88. The molecular weight excluding hydrogens is 449 g/mol. The number of halogens is 3. The first-order valence-electron chi connectivity index (χ1n) is 10.8. The van der Waals surface area contributed by atoms with E-state index in [1.807, 2.05) is 43.8 Å². The number of aryl methyl sites for hydroxylation is 1. The first-order valence-corrected chi connectivity index (χ1v) is 10.8. The van der Waals surface area contributed by atoms with Gasteiger partial charge in [0, 0.05) is 38.1 Å². The number of pyridine rings is 1. The summed E-state index contributed by atoms with van der Waals surface area (Å²) in [5.74, 6) is 1.12. The Morgan fingerprint density at radius 2 is 1.94 bits per heavy atom. The van der Waals surface area contributed by atoms with E-state index >= 15 is 0 Å². The summed E-state index contributed by atoms with van der Waals surface area (Å²) in [7, 11) is 1.86. The fraction of sp³-hybridized carbons (Fsp3) is 0.409. The Labute approximate surface area is 194 Å². The highest BCUT2D eigenvalue weighted by molar-refractivity contribution is 6.03. The van der Waals surface area contributed by atoms with E-state index < -0.39 is 11.9 Å². The van der Waals surface area contributed by atoms with Gasteiger partial charge in [-0.1, -0.05) is 6.07 Å². The molecule has 0 saturated carbocycles. The number of amides is 1. The van der Waals surface area contributed by atoms with Crippen LogP contribution in [0.15, 0.2) is 30.7 Å². The maximum absolute atomic E-state index is 12.7. The third-order valence-corrected chi connectivity index (χ3v) is 5.67. The lowest BCUT2D eigenvalue weighted by Crippen LogP contribution is -2.47. The quantitative estimate of drug-likeness (QED) is 0.586.